The summed E-state index contributed by atoms with van der Waals surface area (Å²) in [4.78, 5) is 24.7. The molecule has 0 radical (unpaired) electrons. The third-order valence-electron chi connectivity index (χ3n) is 3.13. The van der Waals surface area contributed by atoms with Crippen molar-refractivity contribution in [1.82, 2.24) is 0 Å². The van der Waals surface area contributed by atoms with Gasteiger partial charge in [0.2, 0.25) is 0 Å². The molecule has 4 nitrogen and oxygen atoms in total. The van der Waals surface area contributed by atoms with Gasteiger partial charge in [0.05, 0.1) is 5.69 Å². The SMILES string of the molecule is Cc1cccc(Oc2ccccc2N2C(=O)C=CC2=O)c1. The van der Waals surface area contributed by atoms with Crippen LogP contribution in [0.5, 0.6) is 11.5 Å². The molecule has 4 heteroatoms. The van der Waals surface area contributed by atoms with E-state index in [-0.39, 0.29) is 11.8 Å². The van der Waals surface area contributed by atoms with Crippen LogP contribution >= 0.6 is 0 Å². The maximum Gasteiger partial charge on any atom is 0.258 e. The number of nitrogens with zero attached hydrogens (tertiary/aromatic N) is 1. The Morgan fingerprint density at radius 3 is 2.33 bits per heavy atom. The summed E-state index contributed by atoms with van der Waals surface area (Å²) in [5.74, 6) is 0.406. The molecule has 1 aliphatic rings. The summed E-state index contributed by atoms with van der Waals surface area (Å²) < 4.78 is 5.83. The van der Waals surface area contributed by atoms with Crippen LogP contribution in [0.25, 0.3) is 0 Å². The molecule has 0 unspecified atom stereocenters. The lowest BCUT2D eigenvalue weighted by atomic mass is 10.2. The number of ether oxygens (including phenoxy) is 1. The Morgan fingerprint density at radius 1 is 0.905 bits per heavy atom. The lowest BCUT2D eigenvalue weighted by Gasteiger charge is -2.18. The zero-order valence-electron chi connectivity index (χ0n) is 11.4. The van der Waals surface area contributed by atoms with E-state index in [2.05, 4.69) is 0 Å². The predicted molar refractivity (Wildman–Crippen MR) is 79.3 cm³/mol. The second-order valence-electron chi connectivity index (χ2n) is 4.73. The smallest absolute Gasteiger partial charge is 0.258 e. The van der Waals surface area contributed by atoms with Crippen molar-refractivity contribution in [3.63, 3.8) is 0 Å². The number of carbonyl (C=O) groups is 2. The average molecular weight is 279 g/mol. The highest BCUT2D eigenvalue weighted by atomic mass is 16.5. The lowest BCUT2D eigenvalue weighted by molar-refractivity contribution is -0.120. The Morgan fingerprint density at radius 2 is 1.62 bits per heavy atom. The van der Waals surface area contributed by atoms with E-state index in [1.165, 1.54) is 12.2 Å². The number of para-hydroxylation sites is 2. The summed E-state index contributed by atoms with van der Waals surface area (Å²) in [7, 11) is 0. The second kappa shape index (κ2) is 5.25. The van der Waals surface area contributed by atoms with Gasteiger partial charge in [-0.2, -0.15) is 0 Å². The number of hydrogen-bond acceptors (Lipinski definition) is 3. The van der Waals surface area contributed by atoms with Gasteiger partial charge in [-0.25, -0.2) is 4.90 Å². The van der Waals surface area contributed by atoms with Gasteiger partial charge < -0.3 is 4.74 Å². The van der Waals surface area contributed by atoms with E-state index in [9.17, 15) is 9.59 Å². The summed E-state index contributed by atoms with van der Waals surface area (Å²) in [6, 6.07) is 14.6. The average Bonchev–Trinajstić information content (AvgIpc) is 2.79. The first-order valence-corrected chi connectivity index (χ1v) is 6.55. The summed E-state index contributed by atoms with van der Waals surface area (Å²) in [6.45, 7) is 1.97. The van der Waals surface area contributed by atoms with Crippen LogP contribution in [0.1, 0.15) is 5.56 Å². The number of anilines is 1. The maximum atomic E-state index is 11.8. The Kier molecular flexibility index (Phi) is 3.28. The fourth-order valence-electron chi connectivity index (χ4n) is 2.17. The Labute approximate surface area is 122 Å². The first-order valence-electron chi connectivity index (χ1n) is 6.55. The van der Waals surface area contributed by atoms with Crippen molar-refractivity contribution >= 4 is 17.5 Å². The third-order valence-corrected chi connectivity index (χ3v) is 3.13. The number of rotatable bonds is 3. The molecule has 0 bridgehead atoms. The van der Waals surface area contributed by atoms with Crippen molar-refractivity contribution in [2.75, 3.05) is 4.90 Å². The van der Waals surface area contributed by atoms with Gasteiger partial charge in [-0.15, -0.1) is 0 Å². The molecule has 0 aromatic heterocycles. The maximum absolute atomic E-state index is 11.8. The third kappa shape index (κ3) is 2.56. The van der Waals surface area contributed by atoms with E-state index in [4.69, 9.17) is 4.74 Å². The zero-order chi connectivity index (χ0) is 14.8. The molecule has 0 saturated carbocycles. The lowest BCUT2D eigenvalue weighted by Crippen LogP contribution is -2.29. The molecular weight excluding hydrogens is 266 g/mol. The van der Waals surface area contributed by atoms with Crippen molar-refractivity contribution in [3.05, 3.63) is 66.2 Å². The first kappa shape index (κ1) is 13.1. The summed E-state index contributed by atoms with van der Waals surface area (Å²) in [6.07, 6.45) is 2.51. The first-order chi connectivity index (χ1) is 10.1. The molecule has 0 atom stereocenters. The molecule has 0 fully saturated rings. The van der Waals surface area contributed by atoms with Crippen LogP contribution in [0.2, 0.25) is 0 Å². The minimum Gasteiger partial charge on any atom is -0.455 e. The molecule has 1 heterocycles. The van der Waals surface area contributed by atoms with E-state index in [1.807, 2.05) is 31.2 Å². The highest BCUT2D eigenvalue weighted by molar-refractivity contribution is 6.28. The summed E-state index contributed by atoms with van der Waals surface area (Å²) in [5.41, 5.74) is 1.51. The predicted octanol–water partition coefficient (Wildman–Crippen LogP) is 3.22. The minimum atomic E-state index is -0.361. The fraction of sp³-hybridized carbons (Fsp3) is 0.0588. The molecule has 104 valence electrons. The van der Waals surface area contributed by atoms with Crippen molar-refractivity contribution in [2.24, 2.45) is 0 Å². The molecule has 3 rings (SSSR count). The van der Waals surface area contributed by atoms with Crippen LogP contribution in [0.4, 0.5) is 5.69 Å². The highest BCUT2D eigenvalue weighted by Gasteiger charge is 2.27. The standard InChI is InChI=1S/C17H13NO3/c1-12-5-4-6-13(11-12)21-15-8-3-2-7-14(15)18-16(19)9-10-17(18)20/h2-11H,1H3. The van der Waals surface area contributed by atoms with Gasteiger partial charge in [-0.05, 0) is 36.8 Å². The number of hydrogen-bond donors (Lipinski definition) is 0. The molecule has 0 saturated heterocycles. The van der Waals surface area contributed by atoms with Crippen LogP contribution in [-0.4, -0.2) is 11.8 Å². The molecule has 2 aromatic carbocycles. The molecule has 2 amide bonds. The van der Waals surface area contributed by atoms with Crippen molar-refractivity contribution in [3.8, 4) is 11.5 Å². The van der Waals surface area contributed by atoms with Crippen LogP contribution < -0.4 is 9.64 Å². The molecule has 0 N–H and O–H groups in total. The second-order valence-corrected chi connectivity index (χ2v) is 4.73. The molecular formula is C17H13NO3. The molecule has 0 spiro atoms. The van der Waals surface area contributed by atoms with E-state index < -0.39 is 0 Å². The Hall–Kier alpha value is -2.88. The Bertz CT molecular complexity index is 731. The molecule has 2 aromatic rings. The number of imide groups is 1. The molecule has 21 heavy (non-hydrogen) atoms. The van der Waals surface area contributed by atoms with Gasteiger partial charge in [0, 0.05) is 12.2 Å². The van der Waals surface area contributed by atoms with Crippen LogP contribution in [-0.2, 0) is 9.59 Å². The van der Waals surface area contributed by atoms with Crippen molar-refractivity contribution in [2.45, 2.75) is 6.92 Å². The summed E-state index contributed by atoms with van der Waals surface area (Å²) >= 11 is 0. The molecule has 0 aliphatic carbocycles. The van der Waals surface area contributed by atoms with Gasteiger partial charge in [0.15, 0.2) is 5.75 Å². The fourth-order valence-corrected chi connectivity index (χ4v) is 2.17. The van der Waals surface area contributed by atoms with Gasteiger partial charge >= 0.3 is 0 Å². The zero-order valence-corrected chi connectivity index (χ0v) is 11.4. The van der Waals surface area contributed by atoms with E-state index in [0.29, 0.717) is 17.2 Å². The van der Waals surface area contributed by atoms with Gasteiger partial charge in [-0.1, -0.05) is 24.3 Å². The molecule has 1 aliphatic heterocycles. The van der Waals surface area contributed by atoms with Gasteiger partial charge in [0.25, 0.3) is 11.8 Å². The monoisotopic (exact) mass is 279 g/mol. The van der Waals surface area contributed by atoms with Gasteiger partial charge in [-0.3, -0.25) is 9.59 Å². The van der Waals surface area contributed by atoms with Crippen molar-refractivity contribution in [1.29, 1.82) is 0 Å². The number of carbonyl (C=O) groups excluding carboxylic acids is 2. The van der Waals surface area contributed by atoms with Crippen molar-refractivity contribution < 1.29 is 14.3 Å². The highest BCUT2D eigenvalue weighted by Crippen LogP contribution is 2.33. The van der Waals surface area contributed by atoms with Gasteiger partial charge in [0.1, 0.15) is 5.75 Å². The van der Waals surface area contributed by atoms with Crippen LogP contribution in [0.15, 0.2) is 60.7 Å². The van der Waals surface area contributed by atoms with Crippen LogP contribution in [0, 0.1) is 6.92 Å². The number of aryl methyl sites for hydroxylation is 1. The van der Waals surface area contributed by atoms with E-state index >= 15 is 0 Å². The number of benzene rings is 2. The summed E-state index contributed by atoms with van der Waals surface area (Å²) in [5, 5.41) is 0. The van der Waals surface area contributed by atoms with E-state index in [0.717, 1.165) is 10.5 Å². The van der Waals surface area contributed by atoms with Crippen LogP contribution in [0.3, 0.4) is 0 Å². The quantitative estimate of drug-likeness (QED) is 0.810. The normalized spacial score (nSPS) is 13.9. The largest absolute Gasteiger partial charge is 0.455 e. The van der Waals surface area contributed by atoms with E-state index in [1.54, 1.807) is 24.3 Å². The number of amides is 2. The minimum absolute atomic E-state index is 0.361. The Balaban J connectivity index is 1.97. The topological polar surface area (TPSA) is 46.6 Å².